The summed E-state index contributed by atoms with van der Waals surface area (Å²) in [5.74, 6) is 1.49. The molecule has 1 N–H and O–H groups in total. The van der Waals surface area contributed by atoms with Crippen LogP contribution in [-0.2, 0) is 21.4 Å². The van der Waals surface area contributed by atoms with Gasteiger partial charge in [0.05, 0.1) is 25.5 Å². The molecule has 1 atom stereocenters. The molecule has 170 valence electrons. The van der Waals surface area contributed by atoms with Crippen molar-refractivity contribution in [3.8, 4) is 5.75 Å². The summed E-state index contributed by atoms with van der Waals surface area (Å²) >= 11 is 0. The maximum absolute atomic E-state index is 12.9. The zero-order valence-corrected chi connectivity index (χ0v) is 19.1. The van der Waals surface area contributed by atoms with Crippen molar-refractivity contribution in [2.24, 2.45) is 0 Å². The molecule has 0 aliphatic carbocycles. The molecule has 2 saturated heterocycles. The van der Waals surface area contributed by atoms with E-state index in [9.17, 15) is 8.42 Å². The molecule has 31 heavy (non-hydrogen) atoms. The first-order chi connectivity index (χ1) is 14.9. The van der Waals surface area contributed by atoms with E-state index in [1.165, 1.54) is 9.87 Å². The van der Waals surface area contributed by atoms with Gasteiger partial charge in [0.1, 0.15) is 5.75 Å². The molecule has 9 heteroatoms. The fraction of sp³-hybridized carbons (Fsp3) is 0.591. The second-order valence-corrected chi connectivity index (χ2v) is 10.4. The second kappa shape index (κ2) is 9.68. The lowest BCUT2D eigenvalue weighted by atomic mass is 10.0. The third-order valence-corrected chi connectivity index (χ3v) is 8.03. The van der Waals surface area contributed by atoms with Crippen LogP contribution in [0.3, 0.4) is 0 Å². The summed E-state index contributed by atoms with van der Waals surface area (Å²) in [7, 11) is -3.42. The van der Waals surface area contributed by atoms with Gasteiger partial charge in [-0.05, 0) is 36.1 Å². The Morgan fingerprint density at radius 3 is 2.61 bits per heavy atom. The van der Waals surface area contributed by atoms with Gasteiger partial charge in [-0.1, -0.05) is 26.0 Å². The third kappa shape index (κ3) is 5.28. The summed E-state index contributed by atoms with van der Waals surface area (Å²) in [4.78, 5) is 0. The van der Waals surface area contributed by atoms with E-state index in [-0.39, 0.29) is 5.92 Å². The Balaban J connectivity index is 1.28. The Kier molecular flexibility index (Phi) is 6.95. The molecule has 0 amide bonds. The van der Waals surface area contributed by atoms with Crippen molar-refractivity contribution in [2.45, 2.75) is 38.5 Å². The SMILES string of the molecule is CC(C)c1ccc(OCCc2cc(C3CCN(S(=O)(=O)N4CCOCC4)C3)n[nH]2)cc1. The van der Waals surface area contributed by atoms with Gasteiger partial charge in [-0.2, -0.15) is 22.1 Å². The van der Waals surface area contributed by atoms with Gasteiger partial charge >= 0.3 is 0 Å². The van der Waals surface area contributed by atoms with Crippen molar-refractivity contribution in [3.63, 3.8) is 0 Å². The van der Waals surface area contributed by atoms with E-state index in [1.54, 1.807) is 4.31 Å². The molecule has 1 aromatic carbocycles. The summed E-state index contributed by atoms with van der Waals surface area (Å²) in [6.07, 6.45) is 1.51. The molecule has 0 bridgehead atoms. The summed E-state index contributed by atoms with van der Waals surface area (Å²) in [5.41, 5.74) is 3.23. The van der Waals surface area contributed by atoms with Crippen LogP contribution in [0.5, 0.6) is 5.75 Å². The van der Waals surface area contributed by atoms with Crippen molar-refractivity contribution in [3.05, 3.63) is 47.3 Å². The first kappa shape index (κ1) is 22.3. The predicted octanol–water partition coefficient (Wildman–Crippen LogP) is 2.52. The maximum atomic E-state index is 12.9. The molecule has 3 heterocycles. The highest BCUT2D eigenvalue weighted by molar-refractivity contribution is 7.86. The Morgan fingerprint density at radius 1 is 1.16 bits per heavy atom. The molecule has 2 aromatic rings. The fourth-order valence-corrected chi connectivity index (χ4v) is 5.71. The average molecular weight is 449 g/mol. The van der Waals surface area contributed by atoms with Gasteiger partial charge in [-0.15, -0.1) is 0 Å². The molecule has 4 rings (SSSR count). The molecule has 0 radical (unpaired) electrons. The summed E-state index contributed by atoms with van der Waals surface area (Å²) in [5, 5.41) is 7.53. The molecule has 1 unspecified atom stereocenters. The van der Waals surface area contributed by atoms with Crippen molar-refractivity contribution < 1.29 is 17.9 Å². The lowest BCUT2D eigenvalue weighted by molar-refractivity contribution is 0.0705. The lowest BCUT2D eigenvalue weighted by Gasteiger charge is -2.30. The van der Waals surface area contributed by atoms with Crippen LogP contribution in [-0.4, -0.2) is 73.2 Å². The number of rotatable bonds is 8. The number of H-pyrrole nitrogens is 1. The number of ether oxygens (including phenoxy) is 2. The number of nitrogens with one attached hydrogen (secondary N) is 1. The van der Waals surface area contributed by atoms with Crippen LogP contribution in [0.25, 0.3) is 0 Å². The van der Waals surface area contributed by atoms with Crippen LogP contribution in [0.1, 0.15) is 49.1 Å². The first-order valence-electron chi connectivity index (χ1n) is 11.0. The standard InChI is InChI=1S/C22H32N4O4S/c1-17(2)18-3-5-21(6-4-18)30-12-8-20-15-22(24-23-20)19-7-9-26(16-19)31(27,28)25-10-13-29-14-11-25/h3-6,15,17,19H,7-14,16H2,1-2H3,(H,23,24). The van der Waals surface area contributed by atoms with Gasteiger partial charge in [0.15, 0.2) is 0 Å². The molecule has 2 aliphatic heterocycles. The van der Waals surface area contributed by atoms with Crippen LogP contribution in [0.2, 0.25) is 0 Å². The Bertz CT molecular complexity index is 952. The number of hydrogen-bond acceptors (Lipinski definition) is 5. The number of morpholine rings is 1. The zero-order valence-electron chi connectivity index (χ0n) is 18.3. The predicted molar refractivity (Wildman–Crippen MR) is 119 cm³/mol. The Morgan fingerprint density at radius 2 is 1.90 bits per heavy atom. The topological polar surface area (TPSA) is 87.8 Å². The number of aromatic amines is 1. The van der Waals surface area contributed by atoms with E-state index in [0.717, 1.165) is 30.0 Å². The van der Waals surface area contributed by atoms with E-state index in [4.69, 9.17) is 9.47 Å². The highest BCUT2D eigenvalue weighted by atomic mass is 32.2. The molecule has 0 spiro atoms. The van der Waals surface area contributed by atoms with Gasteiger partial charge in [-0.25, -0.2) is 0 Å². The van der Waals surface area contributed by atoms with Crippen LogP contribution in [0, 0.1) is 0 Å². The highest BCUT2D eigenvalue weighted by Gasteiger charge is 2.37. The van der Waals surface area contributed by atoms with Crippen LogP contribution in [0.15, 0.2) is 30.3 Å². The molecular formula is C22H32N4O4S. The fourth-order valence-electron chi connectivity index (χ4n) is 4.06. The molecule has 0 saturated carbocycles. The lowest BCUT2D eigenvalue weighted by Crippen LogP contribution is -2.47. The van der Waals surface area contributed by atoms with Gasteiger partial charge < -0.3 is 9.47 Å². The van der Waals surface area contributed by atoms with Crippen LogP contribution in [0.4, 0.5) is 0 Å². The van der Waals surface area contributed by atoms with E-state index < -0.39 is 10.2 Å². The van der Waals surface area contributed by atoms with Crippen molar-refractivity contribution in [1.82, 2.24) is 18.8 Å². The van der Waals surface area contributed by atoms with Crippen molar-refractivity contribution in [1.29, 1.82) is 0 Å². The van der Waals surface area contributed by atoms with Crippen molar-refractivity contribution in [2.75, 3.05) is 46.0 Å². The number of hydrogen-bond donors (Lipinski definition) is 1. The van der Waals surface area contributed by atoms with E-state index in [1.807, 2.05) is 18.2 Å². The van der Waals surface area contributed by atoms with Gasteiger partial charge in [-0.3, -0.25) is 5.10 Å². The minimum atomic E-state index is -3.42. The third-order valence-electron chi connectivity index (χ3n) is 6.03. The van der Waals surface area contributed by atoms with E-state index >= 15 is 0 Å². The molecule has 1 aromatic heterocycles. The summed E-state index contributed by atoms with van der Waals surface area (Å²) in [6.45, 7) is 7.69. The number of benzene rings is 1. The highest BCUT2D eigenvalue weighted by Crippen LogP contribution is 2.29. The van der Waals surface area contributed by atoms with Crippen molar-refractivity contribution >= 4 is 10.2 Å². The summed E-state index contributed by atoms with van der Waals surface area (Å²) in [6, 6.07) is 10.3. The first-order valence-corrected chi connectivity index (χ1v) is 12.4. The Labute approximate surface area is 184 Å². The molecule has 2 fully saturated rings. The number of nitrogens with zero attached hydrogens (tertiary/aromatic N) is 3. The second-order valence-electron chi connectivity index (χ2n) is 8.50. The minimum Gasteiger partial charge on any atom is -0.493 e. The number of aromatic nitrogens is 2. The summed E-state index contributed by atoms with van der Waals surface area (Å²) < 4.78 is 40.0. The Hall–Kier alpha value is -1.94. The largest absolute Gasteiger partial charge is 0.493 e. The molecule has 2 aliphatic rings. The van der Waals surface area contributed by atoms with Crippen LogP contribution >= 0.6 is 0 Å². The monoisotopic (exact) mass is 448 g/mol. The minimum absolute atomic E-state index is 0.116. The molecular weight excluding hydrogens is 416 g/mol. The zero-order chi connectivity index (χ0) is 21.8. The van der Waals surface area contributed by atoms with E-state index in [2.05, 4.69) is 36.2 Å². The maximum Gasteiger partial charge on any atom is 0.282 e. The average Bonchev–Trinajstić information content (AvgIpc) is 3.45. The quantitative estimate of drug-likeness (QED) is 0.671. The van der Waals surface area contributed by atoms with Gasteiger partial charge in [0.2, 0.25) is 0 Å². The van der Waals surface area contributed by atoms with Crippen LogP contribution < -0.4 is 4.74 Å². The van der Waals surface area contributed by atoms with Gasteiger partial charge in [0, 0.05) is 44.2 Å². The van der Waals surface area contributed by atoms with E-state index in [0.29, 0.717) is 51.9 Å². The smallest absolute Gasteiger partial charge is 0.282 e. The molecule has 8 nitrogen and oxygen atoms in total. The normalized spacial score (nSPS) is 21.1. The van der Waals surface area contributed by atoms with Gasteiger partial charge in [0.25, 0.3) is 10.2 Å².